The van der Waals surface area contributed by atoms with Gasteiger partial charge in [-0.15, -0.1) is 0 Å². The lowest BCUT2D eigenvalue weighted by atomic mass is 9.96. The highest BCUT2D eigenvalue weighted by molar-refractivity contribution is 5.83. The van der Waals surface area contributed by atoms with E-state index in [0.29, 0.717) is 38.9 Å². The predicted molar refractivity (Wildman–Crippen MR) is 103 cm³/mol. The number of amides is 3. The molecule has 1 N–H and O–H groups in total. The third-order valence-electron chi connectivity index (χ3n) is 5.66. The zero-order chi connectivity index (χ0) is 20.1. The first-order chi connectivity index (χ1) is 13.4. The van der Waals surface area contributed by atoms with Crippen molar-refractivity contribution in [1.82, 2.24) is 15.1 Å². The first-order valence-corrected chi connectivity index (χ1v) is 10.0. The fourth-order valence-electron chi connectivity index (χ4n) is 3.90. The summed E-state index contributed by atoms with van der Waals surface area (Å²) in [6, 6.07) is 4.54. The number of nitrogens with zero attached hydrogens (tertiary/aromatic N) is 2. The second-order valence-electron chi connectivity index (χ2n) is 7.70. The van der Waals surface area contributed by atoms with Gasteiger partial charge in [0.1, 0.15) is 5.82 Å². The number of hydrogen-bond acceptors (Lipinski definition) is 3. The molecule has 3 rings (SSSR count). The Morgan fingerprint density at radius 2 is 1.93 bits per heavy atom. The van der Waals surface area contributed by atoms with Crippen LogP contribution < -0.4 is 5.32 Å². The van der Waals surface area contributed by atoms with Crippen molar-refractivity contribution in [3.05, 3.63) is 35.1 Å². The van der Waals surface area contributed by atoms with Gasteiger partial charge in [-0.1, -0.05) is 6.07 Å². The molecule has 1 aromatic carbocycles. The number of hydrogen-bond donors (Lipinski definition) is 1. The van der Waals surface area contributed by atoms with Gasteiger partial charge < -0.3 is 15.1 Å². The Bertz CT molecular complexity index is 752. The number of benzene rings is 1. The first kappa shape index (κ1) is 20.3. The van der Waals surface area contributed by atoms with Gasteiger partial charge in [0.15, 0.2) is 0 Å². The van der Waals surface area contributed by atoms with Gasteiger partial charge >= 0.3 is 0 Å². The molecule has 0 bridgehead atoms. The molecule has 6 nitrogen and oxygen atoms in total. The highest BCUT2D eigenvalue weighted by Crippen LogP contribution is 2.19. The van der Waals surface area contributed by atoms with E-state index >= 15 is 0 Å². The lowest BCUT2D eigenvalue weighted by molar-refractivity contribution is -0.138. The summed E-state index contributed by atoms with van der Waals surface area (Å²) in [5, 5.41) is 2.88. The largest absolute Gasteiger partial charge is 0.352 e. The van der Waals surface area contributed by atoms with Crippen molar-refractivity contribution in [2.45, 2.75) is 45.6 Å². The molecule has 152 valence electrons. The topological polar surface area (TPSA) is 69.7 Å². The van der Waals surface area contributed by atoms with Gasteiger partial charge in [-0.3, -0.25) is 14.4 Å². The second-order valence-corrected chi connectivity index (χ2v) is 7.70. The minimum atomic E-state index is -0.319. The van der Waals surface area contributed by atoms with Crippen LogP contribution in [0.15, 0.2) is 18.2 Å². The van der Waals surface area contributed by atoms with Crippen molar-refractivity contribution in [1.29, 1.82) is 0 Å². The Labute approximate surface area is 165 Å². The summed E-state index contributed by atoms with van der Waals surface area (Å²) in [5.74, 6) is -0.413. The number of rotatable bonds is 7. The fraction of sp³-hybridized carbons (Fsp3) is 0.571. The first-order valence-electron chi connectivity index (χ1n) is 10.0. The van der Waals surface area contributed by atoms with E-state index < -0.39 is 0 Å². The van der Waals surface area contributed by atoms with Crippen LogP contribution in [0, 0.1) is 18.7 Å². The van der Waals surface area contributed by atoms with Gasteiger partial charge in [-0.25, -0.2) is 4.39 Å². The average molecular weight is 389 g/mol. The molecule has 1 aromatic rings. The molecular formula is C21H28FN3O3. The maximum Gasteiger partial charge on any atom is 0.225 e. The molecule has 0 saturated carbocycles. The SMILES string of the molecule is Cc1ccc(F)cc1CNC(=O)[C@@H]1CCC(=O)N(CCCN2CCCC2=O)C1. The van der Waals surface area contributed by atoms with Crippen LogP contribution in [0.5, 0.6) is 0 Å². The summed E-state index contributed by atoms with van der Waals surface area (Å²) in [6.45, 7) is 4.60. The summed E-state index contributed by atoms with van der Waals surface area (Å²) in [5.41, 5.74) is 1.69. The van der Waals surface area contributed by atoms with Crippen molar-refractivity contribution in [3.8, 4) is 0 Å². The van der Waals surface area contributed by atoms with E-state index in [0.717, 1.165) is 30.5 Å². The molecular weight excluding hydrogens is 361 g/mol. The quantitative estimate of drug-likeness (QED) is 0.776. The van der Waals surface area contributed by atoms with Crippen molar-refractivity contribution < 1.29 is 18.8 Å². The average Bonchev–Trinajstić information content (AvgIpc) is 3.08. The Hall–Kier alpha value is -2.44. The second kappa shape index (κ2) is 9.17. The summed E-state index contributed by atoms with van der Waals surface area (Å²) < 4.78 is 13.4. The van der Waals surface area contributed by atoms with Crippen LogP contribution in [0.3, 0.4) is 0 Å². The standard InChI is InChI=1S/C21H28FN3O3/c1-15-5-7-18(22)12-17(15)13-23-21(28)16-6-8-20(27)25(14-16)11-3-10-24-9-2-4-19(24)26/h5,7,12,16H,2-4,6,8-11,13-14H2,1H3,(H,23,28)/t16-/m1/s1. The number of likely N-dealkylation sites (tertiary alicyclic amines) is 2. The summed E-state index contributed by atoms with van der Waals surface area (Å²) in [6.07, 6.45) is 3.16. The third kappa shape index (κ3) is 5.09. The van der Waals surface area contributed by atoms with Crippen LogP contribution in [-0.4, -0.2) is 53.7 Å². The van der Waals surface area contributed by atoms with Crippen molar-refractivity contribution in [2.75, 3.05) is 26.2 Å². The minimum Gasteiger partial charge on any atom is -0.352 e. The molecule has 1 atom stereocenters. The summed E-state index contributed by atoms with van der Waals surface area (Å²) in [4.78, 5) is 40.0. The molecule has 0 aliphatic carbocycles. The normalized spacial score (nSPS) is 20.0. The van der Waals surface area contributed by atoms with Crippen LogP contribution >= 0.6 is 0 Å². The van der Waals surface area contributed by atoms with Crippen molar-refractivity contribution >= 4 is 17.7 Å². The molecule has 2 fully saturated rings. The van der Waals surface area contributed by atoms with Crippen LogP contribution in [0.4, 0.5) is 4.39 Å². The molecule has 2 saturated heterocycles. The zero-order valence-corrected chi connectivity index (χ0v) is 16.4. The number of aryl methyl sites for hydroxylation is 1. The lowest BCUT2D eigenvalue weighted by Crippen LogP contribution is -2.46. The van der Waals surface area contributed by atoms with Gasteiger partial charge in [0, 0.05) is 45.6 Å². The highest BCUT2D eigenvalue weighted by atomic mass is 19.1. The lowest BCUT2D eigenvalue weighted by Gasteiger charge is -2.32. The summed E-state index contributed by atoms with van der Waals surface area (Å²) >= 11 is 0. The van der Waals surface area contributed by atoms with E-state index in [1.165, 1.54) is 12.1 Å². The van der Waals surface area contributed by atoms with Gasteiger partial charge in [-0.2, -0.15) is 0 Å². The molecule has 0 aromatic heterocycles. The molecule has 0 spiro atoms. The number of nitrogens with one attached hydrogen (secondary N) is 1. The summed E-state index contributed by atoms with van der Waals surface area (Å²) in [7, 11) is 0. The Kier molecular flexibility index (Phi) is 6.65. The molecule has 2 heterocycles. The number of carbonyl (C=O) groups excluding carboxylic acids is 3. The molecule has 2 aliphatic rings. The maximum absolute atomic E-state index is 13.4. The third-order valence-corrected chi connectivity index (χ3v) is 5.66. The number of piperidine rings is 1. The molecule has 28 heavy (non-hydrogen) atoms. The van der Waals surface area contributed by atoms with E-state index in [1.54, 1.807) is 11.0 Å². The van der Waals surface area contributed by atoms with Gasteiger partial charge in [0.2, 0.25) is 17.7 Å². The Morgan fingerprint density at radius 1 is 1.18 bits per heavy atom. The van der Waals surface area contributed by atoms with Crippen molar-refractivity contribution in [3.63, 3.8) is 0 Å². The zero-order valence-electron chi connectivity index (χ0n) is 16.4. The molecule has 0 radical (unpaired) electrons. The van der Waals surface area contributed by atoms with E-state index in [4.69, 9.17) is 0 Å². The van der Waals surface area contributed by atoms with E-state index in [-0.39, 0.29) is 36.0 Å². The molecule has 2 aliphatic heterocycles. The van der Waals surface area contributed by atoms with Gasteiger partial charge in [0.25, 0.3) is 0 Å². The number of halogens is 1. The van der Waals surface area contributed by atoms with Crippen molar-refractivity contribution in [2.24, 2.45) is 5.92 Å². The smallest absolute Gasteiger partial charge is 0.225 e. The van der Waals surface area contributed by atoms with E-state index in [2.05, 4.69) is 5.32 Å². The van der Waals surface area contributed by atoms with Crippen LogP contribution in [-0.2, 0) is 20.9 Å². The van der Waals surface area contributed by atoms with E-state index in [1.807, 2.05) is 11.8 Å². The predicted octanol–water partition coefficient (Wildman–Crippen LogP) is 2.00. The maximum atomic E-state index is 13.4. The van der Waals surface area contributed by atoms with Gasteiger partial charge in [0.05, 0.1) is 5.92 Å². The Balaban J connectivity index is 1.47. The van der Waals surface area contributed by atoms with Crippen LogP contribution in [0.25, 0.3) is 0 Å². The van der Waals surface area contributed by atoms with Gasteiger partial charge in [-0.05, 0) is 49.4 Å². The van der Waals surface area contributed by atoms with E-state index in [9.17, 15) is 18.8 Å². The number of carbonyl (C=O) groups is 3. The minimum absolute atomic E-state index is 0.0674. The molecule has 7 heteroatoms. The van der Waals surface area contributed by atoms with Crippen LogP contribution in [0.1, 0.15) is 43.2 Å². The fourth-order valence-corrected chi connectivity index (χ4v) is 3.90. The Morgan fingerprint density at radius 3 is 2.68 bits per heavy atom. The monoisotopic (exact) mass is 389 g/mol. The molecule has 3 amide bonds. The highest BCUT2D eigenvalue weighted by Gasteiger charge is 2.30. The molecule has 0 unspecified atom stereocenters. The van der Waals surface area contributed by atoms with Crippen LogP contribution in [0.2, 0.25) is 0 Å².